The van der Waals surface area contributed by atoms with Crippen molar-refractivity contribution in [2.24, 2.45) is 0 Å². The van der Waals surface area contributed by atoms with Gasteiger partial charge in [0.25, 0.3) is 0 Å². The van der Waals surface area contributed by atoms with Crippen molar-refractivity contribution in [1.82, 2.24) is 15.3 Å². The quantitative estimate of drug-likeness (QED) is 0.712. The van der Waals surface area contributed by atoms with Crippen LogP contribution in [-0.2, 0) is 16.0 Å². The molecular weight excluding hydrogens is 302 g/mol. The van der Waals surface area contributed by atoms with Gasteiger partial charge in [-0.05, 0) is 30.7 Å². The van der Waals surface area contributed by atoms with Crippen molar-refractivity contribution in [3.05, 3.63) is 65.1 Å². The number of H-pyrrole nitrogens is 1. The minimum Gasteiger partial charge on any atom is -0.468 e. The van der Waals surface area contributed by atoms with Crippen LogP contribution in [0.1, 0.15) is 28.7 Å². The first-order valence-corrected chi connectivity index (χ1v) is 8.04. The number of methoxy groups -OCH3 is 1. The Labute approximate surface area is 140 Å². The summed E-state index contributed by atoms with van der Waals surface area (Å²) in [5.41, 5.74) is 5.17. The number of aryl methyl sites for hydroxylation is 1. The van der Waals surface area contributed by atoms with Crippen LogP contribution in [-0.4, -0.2) is 29.1 Å². The fraction of sp³-hybridized carbons (Fsp3) is 0.263. The summed E-state index contributed by atoms with van der Waals surface area (Å²) in [5.74, 6) is -0.247. The molecule has 0 radical (unpaired) electrons. The molecule has 1 aromatic carbocycles. The first-order valence-electron chi connectivity index (χ1n) is 8.04. The largest absolute Gasteiger partial charge is 0.468 e. The van der Waals surface area contributed by atoms with Gasteiger partial charge in [0, 0.05) is 28.7 Å². The SMILES string of the molecule is COC(=O)C1Cc2c([nH]c3ccccc23)C(c2cccc(C)n2)N1. The van der Waals surface area contributed by atoms with Crippen LogP contribution in [0.5, 0.6) is 0 Å². The van der Waals surface area contributed by atoms with Crippen LogP contribution >= 0.6 is 0 Å². The van der Waals surface area contributed by atoms with E-state index in [0.29, 0.717) is 6.42 Å². The van der Waals surface area contributed by atoms with Crippen LogP contribution < -0.4 is 5.32 Å². The van der Waals surface area contributed by atoms with E-state index >= 15 is 0 Å². The fourth-order valence-electron chi connectivity index (χ4n) is 3.49. The van der Waals surface area contributed by atoms with Gasteiger partial charge in [0.1, 0.15) is 6.04 Å². The third-order valence-electron chi connectivity index (χ3n) is 4.60. The molecule has 2 unspecified atom stereocenters. The zero-order chi connectivity index (χ0) is 16.7. The number of hydrogen-bond acceptors (Lipinski definition) is 4. The van der Waals surface area contributed by atoms with Gasteiger partial charge in [-0.3, -0.25) is 15.1 Å². The van der Waals surface area contributed by atoms with Gasteiger partial charge < -0.3 is 9.72 Å². The number of nitrogens with one attached hydrogen (secondary N) is 2. The monoisotopic (exact) mass is 321 g/mol. The van der Waals surface area contributed by atoms with Crippen LogP contribution in [0.2, 0.25) is 0 Å². The first-order chi connectivity index (χ1) is 11.7. The maximum Gasteiger partial charge on any atom is 0.323 e. The average molecular weight is 321 g/mol. The summed E-state index contributed by atoms with van der Waals surface area (Å²) in [6.07, 6.45) is 0.605. The van der Waals surface area contributed by atoms with E-state index in [0.717, 1.165) is 33.5 Å². The molecular formula is C19H19N3O2. The summed E-state index contributed by atoms with van der Waals surface area (Å²) in [6, 6.07) is 13.6. The smallest absolute Gasteiger partial charge is 0.323 e. The highest BCUT2D eigenvalue weighted by molar-refractivity contribution is 5.87. The average Bonchev–Trinajstić information content (AvgIpc) is 2.99. The minimum absolute atomic E-state index is 0.162. The van der Waals surface area contributed by atoms with E-state index in [1.54, 1.807) is 0 Å². The molecule has 0 amide bonds. The minimum atomic E-state index is -0.381. The fourth-order valence-corrected chi connectivity index (χ4v) is 3.49. The second-order valence-electron chi connectivity index (χ2n) is 6.15. The van der Waals surface area contributed by atoms with E-state index in [2.05, 4.69) is 27.4 Å². The van der Waals surface area contributed by atoms with Crippen molar-refractivity contribution in [2.45, 2.75) is 25.4 Å². The van der Waals surface area contributed by atoms with Gasteiger partial charge in [0.05, 0.1) is 18.8 Å². The van der Waals surface area contributed by atoms with Crippen molar-refractivity contribution in [3.63, 3.8) is 0 Å². The molecule has 122 valence electrons. The molecule has 5 heteroatoms. The van der Waals surface area contributed by atoms with Crippen molar-refractivity contribution in [2.75, 3.05) is 7.11 Å². The Morgan fingerprint density at radius 2 is 2.04 bits per heavy atom. The maximum atomic E-state index is 12.2. The molecule has 1 aliphatic rings. The molecule has 2 N–H and O–H groups in total. The van der Waals surface area contributed by atoms with E-state index < -0.39 is 0 Å². The normalized spacial score (nSPS) is 19.9. The summed E-state index contributed by atoms with van der Waals surface area (Å²) in [6.45, 7) is 1.97. The van der Waals surface area contributed by atoms with Gasteiger partial charge >= 0.3 is 5.97 Å². The number of nitrogens with zero attached hydrogens (tertiary/aromatic N) is 1. The lowest BCUT2D eigenvalue weighted by Gasteiger charge is -2.29. The molecule has 4 rings (SSSR count). The summed E-state index contributed by atoms with van der Waals surface area (Å²) in [7, 11) is 1.43. The van der Waals surface area contributed by atoms with Crippen molar-refractivity contribution >= 4 is 16.9 Å². The second kappa shape index (κ2) is 5.76. The molecule has 0 bridgehead atoms. The number of carbonyl (C=O) groups is 1. The first kappa shape index (κ1) is 14.9. The lowest BCUT2D eigenvalue weighted by atomic mass is 9.92. The van der Waals surface area contributed by atoms with Crippen molar-refractivity contribution in [3.8, 4) is 0 Å². The Morgan fingerprint density at radius 3 is 2.83 bits per heavy atom. The van der Waals surface area contributed by atoms with E-state index in [4.69, 9.17) is 4.74 Å². The van der Waals surface area contributed by atoms with Gasteiger partial charge in [0.15, 0.2) is 0 Å². The molecule has 5 nitrogen and oxygen atoms in total. The van der Waals surface area contributed by atoms with E-state index in [1.807, 2.05) is 37.3 Å². The lowest BCUT2D eigenvalue weighted by Crippen LogP contribution is -2.45. The Morgan fingerprint density at radius 1 is 1.21 bits per heavy atom. The number of esters is 1. The number of aromatic amines is 1. The molecule has 24 heavy (non-hydrogen) atoms. The molecule has 0 fully saturated rings. The molecule has 0 spiro atoms. The predicted octanol–water partition coefficient (Wildman–Crippen LogP) is 2.65. The number of pyridine rings is 1. The summed E-state index contributed by atoms with van der Waals surface area (Å²) >= 11 is 0. The number of aromatic nitrogens is 2. The van der Waals surface area contributed by atoms with E-state index in [9.17, 15) is 4.79 Å². The molecule has 0 saturated heterocycles. The summed E-state index contributed by atoms with van der Waals surface area (Å²) in [4.78, 5) is 20.3. The Kier molecular flexibility index (Phi) is 3.58. The molecule has 2 aromatic heterocycles. The van der Waals surface area contributed by atoms with Gasteiger partial charge in [-0.25, -0.2) is 0 Å². The van der Waals surface area contributed by atoms with Crippen LogP contribution in [0, 0.1) is 6.92 Å². The number of rotatable bonds is 2. The summed E-state index contributed by atoms with van der Waals surface area (Å²) in [5, 5.41) is 4.55. The summed E-state index contributed by atoms with van der Waals surface area (Å²) < 4.78 is 4.97. The number of hydrogen-bond donors (Lipinski definition) is 2. The predicted molar refractivity (Wildman–Crippen MR) is 91.8 cm³/mol. The molecule has 0 saturated carbocycles. The zero-order valence-corrected chi connectivity index (χ0v) is 13.7. The third-order valence-corrected chi connectivity index (χ3v) is 4.60. The number of ether oxygens (including phenoxy) is 1. The zero-order valence-electron chi connectivity index (χ0n) is 13.7. The second-order valence-corrected chi connectivity index (χ2v) is 6.15. The number of benzene rings is 1. The molecule has 3 heterocycles. The Hall–Kier alpha value is -2.66. The van der Waals surface area contributed by atoms with Gasteiger partial charge in [-0.1, -0.05) is 24.3 Å². The third kappa shape index (κ3) is 2.37. The van der Waals surface area contributed by atoms with Crippen molar-refractivity contribution in [1.29, 1.82) is 0 Å². The molecule has 0 aliphatic carbocycles. The molecule has 2 atom stereocenters. The highest BCUT2D eigenvalue weighted by Gasteiger charge is 2.35. The van der Waals surface area contributed by atoms with Crippen LogP contribution in [0.4, 0.5) is 0 Å². The van der Waals surface area contributed by atoms with Crippen LogP contribution in [0.25, 0.3) is 10.9 Å². The number of fused-ring (bicyclic) bond motifs is 3. The topological polar surface area (TPSA) is 67.0 Å². The van der Waals surface area contributed by atoms with E-state index in [1.165, 1.54) is 7.11 Å². The Bertz CT molecular complexity index is 916. The molecule has 3 aromatic rings. The highest BCUT2D eigenvalue weighted by atomic mass is 16.5. The van der Waals surface area contributed by atoms with E-state index in [-0.39, 0.29) is 18.1 Å². The maximum absolute atomic E-state index is 12.2. The number of para-hydroxylation sites is 1. The van der Waals surface area contributed by atoms with Crippen LogP contribution in [0.3, 0.4) is 0 Å². The van der Waals surface area contributed by atoms with Gasteiger partial charge in [-0.15, -0.1) is 0 Å². The van der Waals surface area contributed by atoms with Crippen molar-refractivity contribution < 1.29 is 9.53 Å². The lowest BCUT2D eigenvalue weighted by molar-refractivity contribution is -0.143. The van der Waals surface area contributed by atoms with Gasteiger partial charge in [0.2, 0.25) is 0 Å². The Balaban J connectivity index is 1.88. The number of carbonyl (C=O) groups excluding carboxylic acids is 1. The highest BCUT2D eigenvalue weighted by Crippen LogP contribution is 2.34. The standard InChI is InChI=1S/C19H19N3O2/c1-11-6-5-9-15(20-11)18-17-13(10-16(22-18)19(23)24-2)12-7-3-4-8-14(12)21-17/h3-9,16,18,21-22H,10H2,1-2H3. The molecule has 1 aliphatic heterocycles. The van der Waals surface area contributed by atoms with Gasteiger partial charge in [-0.2, -0.15) is 0 Å². The van der Waals surface area contributed by atoms with Crippen LogP contribution in [0.15, 0.2) is 42.5 Å².